The number of hydrogen-bond donors (Lipinski definition) is 2. The second-order valence-electron chi connectivity index (χ2n) is 8.95. The molecule has 2 aromatic rings. The highest BCUT2D eigenvalue weighted by Gasteiger charge is 2.31. The van der Waals surface area contributed by atoms with E-state index < -0.39 is 20.7 Å². The molecule has 0 radical (unpaired) electrons. The lowest BCUT2D eigenvalue weighted by molar-refractivity contribution is 0.0791. The van der Waals surface area contributed by atoms with Gasteiger partial charge in [-0.1, -0.05) is 12.1 Å². The first-order valence-electron chi connectivity index (χ1n) is 11.6. The summed E-state index contributed by atoms with van der Waals surface area (Å²) in [4.78, 5) is 14.0. The van der Waals surface area contributed by atoms with Crippen molar-refractivity contribution in [1.82, 2.24) is 20.1 Å². The van der Waals surface area contributed by atoms with E-state index >= 15 is 0 Å². The number of carbonyl (C=O) groups excluding carboxylic acids is 1. The lowest BCUT2D eigenvalue weighted by Gasteiger charge is -2.20. The molecule has 0 spiro atoms. The summed E-state index contributed by atoms with van der Waals surface area (Å²) in [5.74, 6) is -1.46. The molecule has 2 aliphatic rings. The Kier molecular flexibility index (Phi) is 7.61. The number of sulfonamides is 1. The van der Waals surface area contributed by atoms with Crippen LogP contribution in [0.5, 0.6) is 0 Å². The standard InChI is InChI=1S/C24H30F2N4O3S/c1-29(12-4-5-20-16-22(28-27-20)17-6-9-19(25)10-7-17)24(31)18-8-11-21(26)23(15-18)34(32,33)30-13-2-3-14-30/h6-11,15,20,22,27-28H,2-5,12-14,16H2,1H3. The third-order valence-corrected chi connectivity index (χ3v) is 8.42. The Morgan fingerprint density at radius 1 is 1.09 bits per heavy atom. The van der Waals surface area contributed by atoms with Crippen molar-refractivity contribution in [3.8, 4) is 0 Å². The van der Waals surface area contributed by atoms with Crippen LogP contribution in [0.25, 0.3) is 0 Å². The molecule has 2 saturated heterocycles. The maximum atomic E-state index is 14.4. The van der Waals surface area contributed by atoms with Gasteiger partial charge in [0.15, 0.2) is 0 Å². The van der Waals surface area contributed by atoms with Crippen molar-refractivity contribution in [3.63, 3.8) is 0 Å². The van der Waals surface area contributed by atoms with Gasteiger partial charge in [-0.25, -0.2) is 17.2 Å². The number of halogens is 2. The lowest BCUT2D eigenvalue weighted by Crippen LogP contribution is -2.33. The molecule has 7 nitrogen and oxygen atoms in total. The molecule has 2 heterocycles. The number of benzene rings is 2. The smallest absolute Gasteiger partial charge is 0.253 e. The van der Waals surface area contributed by atoms with Crippen LogP contribution in [0.1, 0.15) is 54.1 Å². The fourth-order valence-corrected chi connectivity index (χ4v) is 6.13. The van der Waals surface area contributed by atoms with Crippen LogP contribution in [-0.4, -0.2) is 56.3 Å². The number of hydrazine groups is 1. The van der Waals surface area contributed by atoms with E-state index in [1.807, 2.05) is 0 Å². The molecule has 2 unspecified atom stereocenters. The molecule has 184 valence electrons. The van der Waals surface area contributed by atoms with Gasteiger partial charge in [-0.05, 0) is 68.0 Å². The molecule has 0 aromatic heterocycles. The molecule has 4 rings (SSSR count). The van der Waals surface area contributed by atoms with E-state index in [1.165, 1.54) is 27.4 Å². The van der Waals surface area contributed by atoms with Gasteiger partial charge >= 0.3 is 0 Å². The molecule has 0 aliphatic carbocycles. The molecular formula is C24H30F2N4O3S. The molecule has 1 amide bonds. The van der Waals surface area contributed by atoms with Crippen LogP contribution >= 0.6 is 0 Å². The molecule has 34 heavy (non-hydrogen) atoms. The molecule has 2 atom stereocenters. The van der Waals surface area contributed by atoms with Gasteiger partial charge in [0.25, 0.3) is 5.91 Å². The Bertz CT molecular complexity index is 1120. The fourth-order valence-electron chi connectivity index (χ4n) is 4.52. The Labute approximate surface area is 199 Å². The largest absolute Gasteiger partial charge is 0.342 e. The molecule has 0 bridgehead atoms. The van der Waals surface area contributed by atoms with Gasteiger partial charge in [-0.2, -0.15) is 4.31 Å². The Morgan fingerprint density at radius 2 is 1.79 bits per heavy atom. The second-order valence-corrected chi connectivity index (χ2v) is 10.9. The second kappa shape index (κ2) is 10.5. The Balaban J connectivity index is 1.31. The molecule has 10 heteroatoms. The number of amides is 1. The van der Waals surface area contributed by atoms with E-state index in [0.29, 0.717) is 19.6 Å². The topological polar surface area (TPSA) is 81.7 Å². The van der Waals surface area contributed by atoms with Gasteiger partial charge in [0.1, 0.15) is 16.5 Å². The maximum absolute atomic E-state index is 14.4. The number of carbonyl (C=O) groups is 1. The summed E-state index contributed by atoms with van der Waals surface area (Å²) < 4.78 is 54.4. The summed E-state index contributed by atoms with van der Waals surface area (Å²) >= 11 is 0. The SMILES string of the molecule is CN(CCCC1CC(c2ccc(F)cc2)NN1)C(=O)c1ccc(F)c(S(=O)(=O)N2CCCC2)c1. The van der Waals surface area contributed by atoms with Gasteiger partial charge in [-0.15, -0.1) is 0 Å². The monoisotopic (exact) mass is 492 g/mol. The minimum atomic E-state index is -3.96. The van der Waals surface area contributed by atoms with Crippen LogP contribution in [0.4, 0.5) is 8.78 Å². The van der Waals surface area contributed by atoms with E-state index in [9.17, 15) is 22.0 Å². The van der Waals surface area contributed by atoms with E-state index in [1.54, 1.807) is 19.2 Å². The highest BCUT2D eigenvalue weighted by molar-refractivity contribution is 7.89. The van der Waals surface area contributed by atoms with Crippen molar-refractivity contribution in [2.24, 2.45) is 0 Å². The van der Waals surface area contributed by atoms with E-state index in [0.717, 1.165) is 49.8 Å². The highest BCUT2D eigenvalue weighted by Crippen LogP contribution is 2.26. The van der Waals surface area contributed by atoms with E-state index in [-0.39, 0.29) is 29.4 Å². The normalized spacial score (nSPS) is 21.1. The molecular weight excluding hydrogens is 462 g/mol. The van der Waals surface area contributed by atoms with Crippen molar-refractivity contribution in [3.05, 3.63) is 65.2 Å². The Hall–Kier alpha value is -2.40. The van der Waals surface area contributed by atoms with Crippen molar-refractivity contribution in [2.45, 2.75) is 49.1 Å². The zero-order valence-electron chi connectivity index (χ0n) is 19.1. The minimum Gasteiger partial charge on any atom is -0.342 e. The summed E-state index contributed by atoms with van der Waals surface area (Å²) in [6.07, 6.45) is 3.90. The van der Waals surface area contributed by atoms with Crippen LogP contribution in [-0.2, 0) is 10.0 Å². The Morgan fingerprint density at radius 3 is 2.50 bits per heavy atom. The average molecular weight is 493 g/mol. The molecule has 2 N–H and O–H groups in total. The van der Waals surface area contributed by atoms with Gasteiger partial charge in [0.2, 0.25) is 10.0 Å². The zero-order valence-corrected chi connectivity index (χ0v) is 20.0. The minimum absolute atomic E-state index is 0.0974. The first-order chi connectivity index (χ1) is 16.3. The molecule has 2 aromatic carbocycles. The molecule has 0 saturated carbocycles. The molecule has 2 aliphatic heterocycles. The zero-order chi connectivity index (χ0) is 24.3. The highest BCUT2D eigenvalue weighted by atomic mass is 32.2. The van der Waals surface area contributed by atoms with Crippen molar-refractivity contribution in [2.75, 3.05) is 26.7 Å². The van der Waals surface area contributed by atoms with Crippen LogP contribution < -0.4 is 10.9 Å². The summed E-state index contributed by atoms with van der Waals surface area (Å²) in [5.41, 5.74) is 7.64. The van der Waals surface area contributed by atoms with Crippen molar-refractivity contribution in [1.29, 1.82) is 0 Å². The van der Waals surface area contributed by atoms with E-state index in [4.69, 9.17) is 0 Å². The van der Waals surface area contributed by atoms with Crippen molar-refractivity contribution < 1.29 is 22.0 Å². The van der Waals surface area contributed by atoms with Gasteiger partial charge in [0, 0.05) is 44.3 Å². The summed E-state index contributed by atoms with van der Waals surface area (Å²) in [7, 11) is -2.30. The number of nitrogens with zero attached hydrogens (tertiary/aromatic N) is 2. The number of hydrogen-bond acceptors (Lipinski definition) is 5. The predicted molar refractivity (Wildman–Crippen MR) is 124 cm³/mol. The maximum Gasteiger partial charge on any atom is 0.253 e. The van der Waals surface area contributed by atoms with Crippen LogP contribution in [0.2, 0.25) is 0 Å². The van der Waals surface area contributed by atoms with Gasteiger partial charge in [0.05, 0.1) is 0 Å². The van der Waals surface area contributed by atoms with Gasteiger partial charge in [-0.3, -0.25) is 15.6 Å². The quantitative estimate of drug-likeness (QED) is 0.592. The molecule has 2 fully saturated rings. The average Bonchev–Trinajstić information content (AvgIpc) is 3.52. The lowest BCUT2D eigenvalue weighted by atomic mass is 9.99. The third kappa shape index (κ3) is 5.46. The first kappa shape index (κ1) is 24.7. The van der Waals surface area contributed by atoms with Gasteiger partial charge < -0.3 is 4.90 Å². The first-order valence-corrected chi connectivity index (χ1v) is 13.0. The van der Waals surface area contributed by atoms with Crippen LogP contribution in [0.15, 0.2) is 47.4 Å². The number of rotatable bonds is 8. The fraction of sp³-hybridized carbons (Fsp3) is 0.458. The predicted octanol–water partition coefficient (Wildman–Crippen LogP) is 3.21. The number of nitrogens with one attached hydrogen (secondary N) is 2. The third-order valence-electron chi connectivity index (χ3n) is 6.51. The van der Waals surface area contributed by atoms with Crippen LogP contribution in [0.3, 0.4) is 0 Å². The van der Waals surface area contributed by atoms with E-state index in [2.05, 4.69) is 10.9 Å². The summed E-state index contributed by atoms with van der Waals surface area (Å²) in [6.45, 7) is 1.21. The summed E-state index contributed by atoms with van der Waals surface area (Å²) in [5, 5.41) is 0. The summed E-state index contributed by atoms with van der Waals surface area (Å²) in [6, 6.07) is 10.3. The van der Waals surface area contributed by atoms with Crippen LogP contribution in [0, 0.1) is 11.6 Å². The van der Waals surface area contributed by atoms with Crippen molar-refractivity contribution >= 4 is 15.9 Å².